The highest BCUT2D eigenvalue weighted by molar-refractivity contribution is 9.10. The fraction of sp³-hybridized carbons (Fsp3) is 0.467. The van der Waals surface area contributed by atoms with Gasteiger partial charge in [0, 0.05) is 16.9 Å². The van der Waals surface area contributed by atoms with Crippen molar-refractivity contribution in [2.45, 2.75) is 39.7 Å². The Morgan fingerprint density at radius 3 is 2.71 bits per heavy atom. The second-order valence-corrected chi connectivity index (χ2v) is 5.05. The van der Waals surface area contributed by atoms with E-state index in [9.17, 15) is 0 Å². The predicted molar refractivity (Wildman–Crippen MR) is 78.0 cm³/mol. The number of hydrogen-bond acceptors (Lipinski definition) is 1. The number of nitrogens with one attached hydrogen (secondary N) is 1. The third kappa shape index (κ3) is 4.93. The molecule has 1 atom stereocenters. The standard InChI is InChI=1S/C15H20BrN/c1-4-6-7-8-15(17-5-2)13-9-12(3)10-14(16)11-13/h9-11,15,17H,5,7-8H2,1-3H3. The van der Waals surface area contributed by atoms with Crippen LogP contribution in [-0.4, -0.2) is 6.54 Å². The van der Waals surface area contributed by atoms with Crippen molar-refractivity contribution in [3.8, 4) is 11.8 Å². The molecule has 1 nitrogen and oxygen atoms in total. The summed E-state index contributed by atoms with van der Waals surface area (Å²) in [6.45, 7) is 7.15. The van der Waals surface area contributed by atoms with E-state index in [1.807, 2.05) is 6.92 Å². The molecule has 0 amide bonds. The van der Waals surface area contributed by atoms with Crippen LogP contribution in [0.3, 0.4) is 0 Å². The van der Waals surface area contributed by atoms with Crippen molar-refractivity contribution in [3.05, 3.63) is 33.8 Å². The van der Waals surface area contributed by atoms with E-state index in [0.717, 1.165) is 23.9 Å². The predicted octanol–water partition coefficient (Wildman–Crippen LogP) is 4.21. The minimum Gasteiger partial charge on any atom is -0.310 e. The Bertz CT molecular complexity index is 394. The summed E-state index contributed by atoms with van der Waals surface area (Å²) in [5.41, 5.74) is 2.63. The third-order valence-corrected chi connectivity index (χ3v) is 3.11. The summed E-state index contributed by atoms with van der Waals surface area (Å²) in [5, 5.41) is 3.52. The largest absolute Gasteiger partial charge is 0.310 e. The highest BCUT2D eigenvalue weighted by atomic mass is 79.9. The van der Waals surface area contributed by atoms with Crippen LogP contribution >= 0.6 is 15.9 Å². The summed E-state index contributed by atoms with van der Waals surface area (Å²) in [6, 6.07) is 6.98. The average Bonchev–Trinajstić information content (AvgIpc) is 2.27. The molecule has 0 aromatic heterocycles. The van der Waals surface area contributed by atoms with Gasteiger partial charge in [-0.15, -0.1) is 11.8 Å². The molecule has 0 bridgehead atoms. The number of benzene rings is 1. The Morgan fingerprint density at radius 2 is 2.12 bits per heavy atom. The molecular weight excluding hydrogens is 274 g/mol. The molecule has 1 aromatic rings. The van der Waals surface area contributed by atoms with E-state index in [-0.39, 0.29) is 0 Å². The average molecular weight is 294 g/mol. The Balaban J connectivity index is 2.82. The summed E-state index contributed by atoms with van der Waals surface area (Å²) in [4.78, 5) is 0. The summed E-state index contributed by atoms with van der Waals surface area (Å²) in [6.07, 6.45) is 2.00. The summed E-state index contributed by atoms with van der Waals surface area (Å²) in [5.74, 6) is 6.09. The lowest BCUT2D eigenvalue weighted by atomic mass is 10.0. The molecule has 0 radical (unpaired) electrons. The summed E-state index contributed by atoms with van der Waals surface area (Å²) >= 11 is 3.56. The molecule has 0 saturated heterocycles. The quantitative estimate of drug-likeness (QED) is 0.802. The zero-order valence-electron chi connectivity index (χ0n) is 10.8. The molecule has 92 valence electrons. The Hall–Kier alpha value is -0.780. The van der Waals surface area contributed by atoms with Crippen LogP contribution < -0.4 is 5.32 Å². The van der Waals surface area contributed by atoms with Crippen molar-refractivity contribution in [3.63, 3.8) is 0 Å². The molecule has 0 aliphatic carbocycles. The zero-order chi connectivity index (χ0) is 12.7. The second-order valence-electron chi connectivity index (χ2n) is 4.14. The van der Waals surface area contributed by atoms with Gasteiger partial charge in [0.15, 0.2) is 0 Å². The zero-order valence-corrected chi connectivity index (χ0v) is 12.4. The van der Waals surface area contributed by atoms with Crippen LogP contribution in [0.2, 0.25) is 0 Å². The van der Waals surface area contributed by atoms with E-state index >= 15 is 0 Å². The van der Waals surface area contributed by atoms with Crippen molar-refractivity contribution in [1.82, 2.24) is 5.32 Å². The number of halogens is 1. The summed E-state index contributed by atoms with van der Waals surface area (Å²) in [7, 11) is 0. The first kappa shape index (κ1) is 14.3. The van der Waals surface area contributed by atoms with Gasteiger partial charge in [0.25, 0.3) is 0 Å². The number of aryl methyl sites for hydroxylation is 1. The molecule has 1 unspecified atom stereocenters. The van der Waals surface area contributed by atoms with Crippen LogP contribution in [0.4, 0.5) is 0 Å². The van der Waals surface area contributed by atoms with E-state index in [1.54, 1.807) is 0 Å². The van der Waals surface area contributed by atoms with Crippen molar-refractivity contribution in [2.75, 3.05) is 6.54 Å². The molecule has 17 heavy (non-hydrogen) atoms. The van der Waals surface area contributed by atoms with Gasteiger partial charge in [-0.1, -0.05) is 28.9 Å². The van der Waals surface area contributed by atoms with Gasteiger partial charge in [0.1, 0.15) is 0 Å². The lowest BCUT2D eigenvalue weighted by Gasteiger charge is -2.18. The maximum absolute atomic E-state index is 3.56. The van der Waals surface area contributed by atoms with Crippen LogP contribution in [0.1, 0.15) is 43.9 Å². The first-order valence-electron chi connectivity index (χ1n) is 6.07. The van der Waals surface area contributed by atoms with E-state index in [2.05, 4.69) is 65.1 Å². The molecular formula is C15H20BrN. The van der Waals surface area contributed by atoms with Gasteiger partial charge < -0.3 is 5.32 Å². The molecule has 1 N–H and O–H groups in total. The van der Waals surface area contributed by atoms with E-state index in [4.69, 9.17) is 0 Å². The monoisotopic (exact) mass is 293 g/mol. The highest BCUT2D eigenvalue weighted by Crippen LogP contribution is 2.23. The van der Waals surface area contributed by atoms with Crippen molar-refractivity contribution in [2.24, 2.45) is 0 Å². The van der Waals surface area contributed by atoms with Gasteiger partial charge in [0.2, 0.25) is 0 Å². The molecule has 1 aromatic carbocycles. The molecule has 2 heteroatoms. The van der Waals surface area contributed by atoms with Crippen molar-refractivity contribution < 1.29 is 0 Å². The maximum Gasteiger partial charge on any atom is 0.0329 e. The molecule has 1 rings (SSSR count). The molecule has 0 aliphatic heterocycles. The van der Waals surface area contributed by atoms with Gasteiger partial charge in [-0.2, -0.15) is 0 Å². The van der Waals surface area contributed by atoms with Gasteiger partial charge in [-0.05, 0) is 50.1 Å². The van der Waals surface area contributed by atoms with Crippen LogP contribution in [-0.2, 0) is 0 Å². The van der Waals surface area contributed by atoms with Gasteiger partial charge in [0.05, 0.1) is 0 Å². The molecule has 0 heterocycles. The van der Waals surface area contributed by atoms with E-state index in [0.29, 0.717) is 6.04 Å². The van der Waals surface area contributed by atoms with E-state index in [1.165, 1.54) is 11.1 Å². The Kier molecular flexibility index (Phi) is 6.32. The van der Waals surface area contributed by atoms with Gasteiger partial charge in [-0.25, -0.2) is 0 Å². The van der Waals surface area contributed by atoms with Crippen LogP contribution in [0.5, 0.6) is 0 Å². The lowest BCUT2D eigenvalue weighted by molar-refractivity contribution is 0.522. The molecule has 0 saturated carbocycles. The number of rotatable bonds is 5. The van der Waals surface area contributed by atoms with Crippen LogP contribution in [0.25, 0.3) is 0 Å². The fourth-order valence-electron chi connectivity index (χ4n) is 1.94. The second kappa shape index (κ2) is 7.53. The SMILES string of the molecule is CC#CCCC(NCC)c1cc(C)cc(Br)c1. The van der Waals surface area contributed by atoms with Crippen LogP contribution in [0.15, 0.2) is 22.7 Å². The minimum atomic E-state index is 0.400. The Morgan fingerprint density at radius 1 is 1.35 bits per heavy atom. The topological polar surface area (TPSA) is 12.0 Å². The smallest absolute Gasteiger partial charge is 0.0329 e. The van der Waals surface area contributed by atoms with Crippen molar-refractivity contribution >= 4 is 15.9 Å². The molecule has 0 fully saturated rings. The first-order valence-corrected chi connectivity index (χ1v) is 6.86. The fourth-order valence-corrected chi connectivity index (χ4v) is 2.57. The van der Waals surface area contributed by atoms with E-state index < -0.39 is 0 Å². The highest BCUT2D eigenvalue weighted by Gasteiger charge is 2.10. The van der Waals surface area contributed by atoms with Crippen LogP contribution in [0, 0.1) is 18.8 Å². The first-order chi connectivity index (χ1) is 8.17. The van der Waals surface area contributed by atoms with Gasteiger partial charge >= 0.3 is 0 Å². The molecule has 0 aliphatic rings. The van der Waals surface area contributed by atoms with Gasteiger partial charge in [-0.3, -0.25) is 0 Å². The normalized spacial score (nSPS) is 11.8. The lowest BCUT2D eigenvalue weighted by Crippen LogP contribution is -2.20. The third-order valence-electron chi connectivity index (χ3n) is 2.65. The maximum atomic E-state index is 3.56. The molecule has 0 spiro atoms. The Labute approximate surface area is 113 Å². The minimum absolute atomic E-state index is 0.400. The van der Waals surface area contributed by atoms with Crippen molar-refractivity contribution in [1.29, 1.82) is 0 Å². The summed E-state index contributed by atoms with van der Waals surface area (Å²) < 4.78 is 1.15. The number of hydrogen-bond donors (Lipinski definition) is 1.